The van der Waals surface area contributed by atoms with Crippen molar-refractivity contribution in [3.8, 4) is 0 Å². The fourth-order valence-electron chi connectivity index (χ4n) is 2.68. The minimum Gasteiger partial charge on any atom is -0.481 e. The third-order valence-corrected chi connectivity index (χ3v) is 3.04. The molecule has 2 bridgehead atoms. The number of ether oxygens (including phenoxy) is 1. The number of hydrogen-bond acceptors (Lipinski definition) is 2. The van der Waals surface area contributed by atoms with Crippen LogP contribution in [0.1, 0.15) is 19.3 Å². The maximum Gasteiger partial charge on any atom is 0.309 e. The number of carboxylic acid groups (broad SMARTS) is 1. The molecule has 0 aromatic rings. The van der Waals surface area contributed by atoms with E-state index < -0.39 is 5.97 Å². The summed E-state index contributed by atoms with van der Waals surface area (Å²) in [5.41, 5.74) is -0.0777. The first kappa shape index (κ1) is 7.10. The van der Waals surface area contributed by atoms with Gasteiger partial charge in [0, 0.05) is 7.11 Å². The van der Waals surface area contributed by atoms with E-state index >= 15 is 0 Å². The van der Waals surface area contributed by atoms with Crippen molar-refractivity contribution in [1.29, 1.82) is 0 Å². The fraction of sp³-hybridized carbons (Fsp3) is 0.875. The van der Waals surface area contributed by atoms with E-state index in [-0.39, 0.29) is 10.8 Å². The van der Waals surface area contributed by atoms with Crippen LogP contribution >= 0.6 is 0 Å². The Morgan fingerprint density at radius 1 is 1.55 bits per heavy atom. The van der Waals surface area contributed by atoms with Crippen molar-refractivity contribution < 1.29 is 14.6 Å². The highest BCUT2D eigenvalue weighted by Crippen LogP contribution is 2.73. The molecule has 0 unspecified atom stereocenters. The highest BCUT2D eigenvalue weighted by Gasteiger charge is 2.71. The average molecular weight is 156 g/mol. The molecule has 3 fully saturated rings. The Balaban J connectivity index is 1.94. The van der Waals surface area contributed by atoms with Crippen molar-refractivity contribution in [1.82, 2.24) is 0 Å². The molecule has 3 rings (SSSR count). The van der Waals surface area contributed by atoms with Crippen LogP contribution in [-0.2, 0) is 9.53 Å². The van der Waals surface area contributed by atoms with Crippen molar-refractivity contribution in [2.75, 3.05) is 13.7 Å². The number of aliphatic carboxylic acids is 1. The van der Waals surface area contributed by atoms with Crippen LogP contribution in [0.3, 0.4) is 0 Å². The van der Waals surface area contributed by atoms with Crippen molar-refractivity contribution in [3.05, 3.63) is 0 Å². The van der Waals surface area contributed by atoms with E-state index in [0.717, 1.165) is 25.9 Å². The number of hydrogen-bond donors (Lipinski definition) is 1. The summed E-state index contributed by atoms with van der Waals surface area (Å²) >= 11 is 0. The standard InChI is InChI=1S/C8H12O3/c1-11-5-7-2-8(3-7,4-7)6(9)10/h2-5H2,1H3,(H,9,10). The van der Waals surface area contributed by atoms with E-state index in [1.807, 2.05) is 0 Å². The van der Waals surface area contributed by atoms with Crippen LogP contribution < -0.4 is 0 Å². The molecule has 1 N–H and O–H groups in total. The molecule has 3 heteroatoms. The van der Waals surface area contributed by atoms with Crippen molar-refractivity contribution in [2.45, 2.75) is 19.3 Å². The van der Waals surface area contributed by atoms with Gasteiger partial charge in [0.15, 0.2) is 0 Å². The van der Waals surface area contributed by atoms with Crippen molar-refractivity contribution in [3.63, 3.8) is 0 Å². The van der Waals surface area contributed by atoms with Gasteiger partial charge in [-0.3, -0.25) is 4.79 Å². The van der Waals surface area contributed by atoms with E-state index in [1.165, 1.54) is 0 Å². The Labute approximate surface area is 65.4 Å². The summed E-state index contributed by atoms with van der Waals surface area (Å²) in [6.07, 6.45) is 2.51. The van der Waals surface area contributed by atoms with Crippen LogP contribution in [0.15, 0.2) is 0 Å². The highest BCUT2D eigenvalue weighted by atomic mass is 16.5. The minimum atomic E-state index is -0.615. The molecule has 62 valence electrons. The molecule has 0 saturated heterocycles. The van der Waals surface area contributed by atoms with E-state index in [9.17, 15) is 4.79 Å². The van der Waals surface area contributed by atoms with Gasteiger partial charge in [-0.1, -0.05) is 0 Å². The number of methoxy groups -OCH3 is 1. The number of carboxylic acids is 1. The maximum atomic E-state index is 10.6. The van der Waals surface area contributed by atoms with Gasteiger partial charge in [0.05, 0.1) is 12.0 Å². The minimum absolute atomic E-state index is 0.257. The zero-order chi connectivity index (χ0) is 8.11. The van der Waals surface area contributed by atoms with Gasteiger partial charge in [-0.2, -0.15) is 0 Å². The normalized spacial score (nSPS) is 45.9. The molecule has 11 heavy (non-hydrogen) atoms. The van der Waals surface area contributed by atoms with Crippen LogP contribution in [-0.4, -0.2) is 24.8 Å². The monoisotopic (exact) mass is 156 g/mol. The lowest BCUT2D eigenvalue weighted by Crippen LogP contribution is -2.67. The summed E-state index contributed by atoms with van der Waals surface area (Å²) in [7, 11) is 1.67. The zero-order valence-electron chi connectivity index (χ0n) is 6.59. The molecular weight excluding hydrogens is 144 g/mol. The molecular formula is C8H12O3. The quantitative estimate of drug-likeness (QED) is 0.660. The largest absolute Gasteiger partial charge is 0.481 e. The summed E-state index contributed by atoms with van der Waals surface area (Å²) < 4.78 is 5.02. The Morgan fingerprint density at radius 3 is 2.45 bits per heavy atom. The van der Waals surface area contributed by atoms with Crippen LogP contribution in [0.25, 0.3) is 0 Å². The third-order valence-electron chi connectivity index (χ3n) is 3.04. The van der Waals surface area contributed by atoms with E-state index in [4.69, 9.17) is 9.84 Å². The Bertz CT molecular complexity index is 190. The highest BCUT2D eigenvalue weighted by molar-refractivity contribution is 5.79. The van der Waals surface area contributed by atoms with Crippen LogP contribution in [0.4, 0.5) is 0 Å². The topological polar surface area (TPSA) is 46.5 Å². The summed E-state index contributed by atoms with van der Waals surface area (Å²) in [6, 6.07) is 0. The van der Waals surface area contributed by atoms with Gasteiger partial charge in [-0.05, 0) is 24.7 Å². The summed E-state index contributed by atoms with van der Waals surface area (Å²) in [4.78, 5) is 10.6. The van der Waals surface area contributed by atoms with E-state index in [2.05, 4.69) is 0 Å². The van der Waals surface area contributed by atoms with Gasteiger partial charge in [0.25, 0.3) is 0 Å². The summed E-state index contributed by atoms with van der Waals surface area (Å²) in [5, 5.41) is 8.77. The van der Waals surface area contributed by atoms with Crippen LogP contribution in [0.5, 0.6) is 0 Å². The zero-order valence-corrected chi connectivity index (χ0v) is 6.59. The number of rotatable bonds is 3. The summed E-state index contributed by atoms with van der Waals surface area (Å²) in [5.74, 6) is -0.615. The van der Waals surface area contributed by atoms with Crippen molar-refractivity contribution in [2.24, 2.45) is 10.8 Å². The molecule has 0 aromatic carbocycles. The lowest BCUT2D eigenvalue weighted by molar-refractivity contribution is -0.236. The van der Waals surface area contributed by atoms with Gasteiger partial charge in [-0.25, -0.2) is 0 Å². The average Bonchev–Trinajstić information content (AvgIpc) is 1.73. The lowest BCUT2D eigenvalue weighted by atomic mass is 9.35. The SMILES string of the molecule is COCC12CC(C(=O)O)(C1)C2. The second-order valence-corrected chi connectivity index (χ2v) is 4.05. The molecule has 3 aliphatic rings. The molecule has 0 heterocycles. The Kier molecular flexibility index (Phi) is 1.15. The molecule has 0 aliphatic heterocycles. The second-order valence-electron chi connectivity index (χ2n) is 4.05. The molecule has 3 nitrogen and oxygen atoms in total. The smallest absolute Gasteiger partial charge is 0.309 e. The van der Waals surface area contributed by atoms with Gasteiger partial charge >= 0.3 is 5.97 Å². The van der Waals surface area contributed by atoms with Crippen LogP contribution in [0, 0.1) is 10.8 Å². The molecule has 3 aliphatic carbocycles. The predicted octanol–water partition coefficient (Wildman–Crippen LogP) is 0.888. The first-order valence-electron chi connectivity index (χ1n) is 3.85. The molecule has 3 saturated carbocycles. The Hall–Kier alpha value is -0.570. The van der Waals surface area contributed by atoms with Crippen LogP contribution in [0.2, 0.25) is 0 Å². The molecule has 0 amide bonds. The predicted molar refractivity (Wildman–Crippen MR) is 38.2 cm³/mol. The number of carbonyl (C=O) groups is 1. The first-order valence-corrected chi connectivity index (χ1v) is 3.85. The van der Waals surface area contributed by atoms with Gasteiger partial charge in [0.1, 0.15) is 0 Å². The second kappa shape index (κ2) is 1.78. The molecule has 0 radical (unpaired) electrons. The first-order chi connectivity index (χ1) is 5.13. The molecule has 0 atom stereocenters. The van der Waals surface area contributed by atoms with Gasteiger partial charge < -0.3 is 9.84 Å². The van der Waals surface area contributed by atoms with Crippen molar-refractivity contribution >= 4 is 5.97 Å². The molecule has 0 spiro atoms. The van der Waals surface area contributed by atoms with E-state index in [0.29, 0.717) is 0 Å². The third kappa shape index (κ3) is 0.692. The molecule has 0 aromatic heterocycles. The lowest BCUT2D eigenvalue weighted by Gasteiger charge is -2.67. The summed E-state index contributed by atoms with van der Waals surface area (Å²) in [6.45, 7) is 0.738. The Morgan fingerprint density at radius 2 is 2.09 bits per heavy atom. The van der Waals surface area contributed by atoms with Gasteiger partial charge in [-0.15, -0.1) is 0 Å². The van der Waals surface area contributed by atoms with E-state index in [1.54, 1.807) is 7.11 Å². The van der Waals surface area contributed by atoms with Gasteiger partial charge in [0.2, 0.25) is 0 Å². The fourth-order valence-corrected chi connectivity index (χ4v) is 2.68. The maximum absolute atomic E-state index is 10.6.